The summed E-state index contributed by atoms with van der Waals surface area (Å²) in [6, 6.07) is 0. The van der Waals surface area contributed by atoms with Crippen molar-refractivity contribution in [3.05, 3.63) is 11.6 Å². The molecule has 0 atom stereocenters. The smallest absolute Gasteiger partial charge is 0.291 e. The third-order valence-electron chi connectivity index (χ3n) is 4.26. The zero-order valence-corrected chi connectivity index (χ0v) is 12.3. The predicted octanol–water partition coefficient (Wildman–Crippen LogP) is 1.43. The summed E-state index contributed by atoms with van der Waals surface area (Å²) in [6.07, 6.45) is 5.44. The molecular formula is C14H24N4O2. The van der Waals surface area contributed by atoms with Crippen molar-refractivity contribution in [1.29, 1.82) is 0 Å². The van der Waals surface area contributed by atoms with Crippen molar-refractivity contribution >= 4 is 5.91 Å². The van der Waals surface area contributed by atoms with Crippen LogP contribution in [0, 0.1) is 5.92 Å². The van der Waals surface area contributed by atoms with Crippen LogP contribution in [0.25, 0.3) is 0 Å². The SMILES string of the molecule is CCc1nc(C(=O)NCC2(O)CCC(CC)CC2)n[nH]1. The number of H-pyrrole nitrogens is 1. The van der Waals surface area contributed by atoms with Gasteiger partial charge in [-0.1, -0.05) is 20.3 Å². The fraction of sp³-hybridized carbons (Fsp3) is 0.786. The first-order chi connectivity index (χ1) is 9.56. The zero-order chi connectivity index (χ0) is 14.6. The molecule has 0 unspecified atom stereocenters. The lowest BCUT2D eigenvalue weighted by Gasteiger charge is -2.35. The van der Waals surface area contributed by atoms with Gasteiger partial charge in [0.15, 0.2) is 0 Å². The van der Waals surface area contributed by atoms with Crippen molar-refractivity contribution in [2.45, 2.75) is 58.0 Å². The molecule has 0 aliphatic heterocycles. The molecule has 112 valence electrons. The molecule has 1 aliphatic rings. The summed E-state index contributed by atoms with van der Waals surface area (Å²) in [7, 11) is 0. The molecular weight excluding hydrogens is 256 g/mol. The Kier molecular flexibility index (Phi) is 4.75. The van der Waals surface area contributed by atoms with Crippen LogP contribution in [0.3, 0.4) is 0 Å². The van der Waals surface area contributed by atoms with Crippen LogP contribution in [0.1, 0.15) is 62.4 Å². The first-order valence-corrected chi connectivity index (χ1v) is 7.48. The summed E-state index contributed by atoms with van der Waals surface area (Å²) >= 11 is 0. The Labute approximate surface area is 119 Å². The molecule has 1 aromatic rings. The Hall–Kier alpha value is -1.43. The van der Waals surface area contributed by atoms with Crippen molar-refractivity contribution in [1.82, 2.24) is 20.5 Å². The number of hydrogen-bond donors (Lipinski definition) is 3. The number of aryl methyl sites for hydroxylation is 1. The number of aromatic nitrogens is 3. The molecule has 1 aliphatic carbocycles. The number of hydrogen-bond acceptors (Lipinski definition) is 4. The van der Waals surface area contributed by atoms with Gasteiger partial charge in [-0.3, -0.25) is 9.89 Å². The molecule has 1 heterocycles. The Bertz CT molecular complexity index is 450. The first kappa shape index (κ1) is 15.0. The number of aromatic amines is 1. The van der Waals surface area contributed by atoms with E-state index in [0.717, 1.165) is 25.7 Å². The standard InChI is InChI=1S/C14H24N4O2/c1-3-10-5-7-14(20,8-6-10)9-15-13(19)12-16-11(4-2)17-18-12/h10,20H,3-9H2,1-2H3,(H,15,19)(H,16,17,18). The van der Waals surface area contributed by atoms with Gasteiger partial charge < -0.3 is 10.4 Å². The van der Waals surface area contributed by atoms with E-state index in [2.05, 4.69) is 27.4 Å². The number of nitrogens with zero attached hydrogens (tertiary/aromatic N) is 2. The highest BCUT2D eigenvalue weighted by molar-refractivity contribution is 5.90. The lowest BCUT2D eigenvalue weighted by Crippen LogP contribution is -2.45. The van der Waals surface area contributed by atoms with Crippen molar-refractivity contribution in [2.24, 2.45) is 5.92 Å². The minimum atomic E-state index is -0.773. The first-order valence-electron chi connectivity index (χ1n) is 7.48. The molecule has 0 aromatic carbocycles. The van der Waals surface area contributed by atoms with Crippen molar-refractivity contribution in [3.63, 3.8) is 0 Å². The van der Waals surface area contributed by atoms with Crippen molar-refractivity contribution < 1.29 is 9.90 Å². The fourth-order valence-electron chi connectivity index (χ4n) is 2.68. The van der Waals surface area contributed by atoms with Crippen LogP contribution in [0.4, 0.5) is 0 Å². The summed E-state index contributed by atoms with van der Waals surface area (Å²) in [6.45, 7) is 4.40. The van der Waals surface area contributed by atoms with Crippen LogP contribution in [0.15, 0.2) is 0 Å². The van der Waals surface area contributed by atoms with E-state index in [0.29, 0.717) is 18.2 Å². The summed E-state index contributed by atoms with van der Waals surface area (Å²) in [4.78, 5) is 16.0. The summed E-state index contributed by atoms with van der Waals surface area (Å²) < 4.78 is 0. The van der Waals surface area contributed by atoms with Crippen LogP contribution >= 0.6 is 0 Å². The van der Waals surface area contributed by atoms with Crippen LogP contribution in [0.5, 0.6) is 0 Å². The second-order valence-corrected chi connectivity index (χ2v) is 5.72. The zero-order valence-electron chi connectivity index (χ0n) is 12.3. The number of rotatable bonds is 5. The van der Waals surface area contributed by atoms with Crippen LogP contribution < -0.4 is 5.32 Å². The van der Waals surface area contributed by atoms with E-state index in [1.54, 1.807) is 0 Å². The van der Waals surface area contributed by atoms with Crippen molar-refractivity contribution in [2.75, 3.05) is 6.54 Å². The average molecular weight is 280 g/mol. The Morgan fingerprint density at radius 2 is 2.15 bits per heavy atom. The maximum Gasteiger partial charge on any atom is 0.291 e. The van der Waals surface area contributed by atoms with E-state index in [1.165, 1.54) is 6.42 Å². The predicted molar refractivity (Wildman–Crippen MR) is 75.3 cm³/mol. The molecule has 1 aromatic heterocycles. The van der Waals surface area contributed by atoms with E-state index in [-0.39, 0.29) is 18.3 Å². The number of carbonyl (C=O) groups excluding carboxylic acids is 1. The monoisotopic (exact) mass is 280 g/mol. The Morgan fingerprint density at radius 3 is 2.70 bits per heavy atom. The highest BCUT2D eigenvalue weighted by atomic mass is 16.3. The van der Waals surface area contributed by atoms with Gasteiger partial charge in [-0.05, 0) is 31.6 Å². The normalized spacial score (nSPS) is 26.4. The largest absolute Gasteiger partial charge is 0.388 e. The van der Waals surface area contributed by atoms with Gasteiger partial charge in [-0.25, -0.2) is 4.98 Å². The second-order valence-electron chi connectivity index (χ2n) is 5.72. The van der Waals surface area contributed by atoms with E-state index in [9.17, 15) is 9.90 Å². The third-order valence-corrected chi connectivity index (χ3v) is 4.26. The van der Waals surface area contributed by atoms with Crippen LogP contribution in [-0.4, -0.2) is 38.3 Å². The van der Waals surface area contributed by atoms with Gasteiger partial charge in [0.1, 0.15) is 5.82 Å². The van der Waals surface area contributed by atoms with E-state index >= 15 is 0 Å². The van der Waals surface area contributed by atoms with Crippen LogP contribution in [-0.2, 0) is 6.42 Å². The van der Waals surface area contributed by atoms with E-state index < -0.39 is 5.60 Å². The lowest BCUT2D eigenvalue weighted by molar-refractivity contribution is -0.00793. The van der Waals surface area contributed by atoms with Gasteiger partial charge in [0, 0.05) is 13.0 Å². The van der Waals surface area contributed by atoms with Gasteiger partial charge in [0.05, 0.1) is 5.60 Å². The van der Waals surface area contributed by atoms with Gasteiger partial charge in [0.25, 0.3) is 5.91 Å². The van der Waals surface area contributed by atoms with Crippen molar-refractivity contribution in [3.8, 4) is 0 Å². The van der Waals surface area contributed by atoms with Gasteiger partial charge in [-0.15, -0.1) is 5.10 Å². The minimum Gasteiger partial charge on any atom is -0.388 e. The Morgan fingerprint density at radius 1 is 1.45 bits per heavy atom. The molecule has 1 amide bonds. The lowest BCUT2D eigenvalue weighted by atomic mass is 9.78. The molecule has 6 heteroatoms. The second kappa shape index (κ2) is 6.35. The van der Waals surface area contributed by atoms with Gasteiger partial charge in [0.2, 0.25) is 5.82 Å². The molecule has 1 fully saturated rings. The molecule has 1 saturated carbocycles. The maximum absolute atomic E-state index is 11.9. The highest BCUT2D eigenvalue weighted by Gasteiger charge is 2.33. The topological polar surface area (TPSA) is 90.9 Å². The fourth-order valence-corrected chi connectivity index (χ4v) is 2.68. The molecule has 0 spiro atoms. The average Bonchev–Trinajstić information content (AvgIpc) is 2.95. The maximum atomic E-state index is 11.9. The molecule has 0 bridgehead atoms. The molecule has 3 N–H and O–H groups in total. The summed E-state index contributed by atoms with van der Waals surface area (Å²) in [5, 5.41) is 19.8. The molecule has 20 heavy (non-hydrogen) atoms. The van der Waals surface area contributed by atoms with Gasteiger partial charge >= 0.3 is 0 Å². The third kappa shape index (κ3) is 3.56. The number of nitrogens with one attached hydrogen (secondary N) is 2. The Balaban J connectivity index is 1.84. The number of carbonyl (C=O) groups is 1. The minimum absolute atomic E-state index is 0.146. The van der Waals surface area contributed by atoms with E-state index in [1.807, 2.05) is 6.92 Å². The molecule has 6 nitrogen and oxygen atoms in total. The summed E-state index contributed by atoms with van der Waals surface area (Å²) in [5.41, 5.74) is -0.773. The summed E-state index contributed by atoms with van der Waals surface area (Å²) in [5.74, 6) is 1.23. The van der Waals surface area contributed by atoms with Crippen LogP contribution in [0.2, 0.25) is 0 Å². The highest BCUT2D eigenvalue weighted by Crippen LogP contribution is 2.33. The number of aliphatic hydroxyl groups is 1. The molecule has 0 radical (unpaired) electrons. The van der Waals surface area contributed by atoms with E-state index in [4.69, 9.17) is 0 Å². The molecule has 2 rings (SSSR count). The molecule has 0 saturated heterocycles. The van der Waals surface area contributed by atoms with Gasteiger partial charge in [-0.2, -0.15) is 0 Å². The quantitative estimate of drug-likeness (QED) is 0.761. The number of amides is 1.